The van der Waals surface area contributed by atoms with Gasteiger partial charge in [-0.15, -0.1) is 0 Å². The number of nitrogens with one attached hydrogen (secondary N) is 1. The molecule has 0 spiro atoms. The molecular weight excluding hydrogens is 122 g/mol. The summed E-state index contributed by atoms with van der Waals surface area (Å²) in [5.41, 5.74) is 0.274. The standard InChI is InChI=1S/C9H17N/c1-9(2,3)10-8-6-4-5-7-8/h4-5,8,10H,6-7H2,1-3H3. The predicted molar refractivity (Wildman–Crippen MR) is 45.1 cm³/mol. The van der Waals surface area contributed by atoms with E-state index in [1.54, 1.807) is 0 Å². The lowest BCUT2D eigenvalue weighted by Gasteiger charge is -2.25. The molecule has 0 fully saturated rings. The smallest absolute Gasteiger partial charge is 0.0141 e. The molecule has 0 radical (unpaired) electrons. The third kappa shape index (κ3) is 2.53. The third-order valence-electron chi connectivity index (χ3n) is 1.65. The fourth-order valence-corrected chi connectivity index (χ4v) is 1.35. The molecule has 0 aromatic heterocycles. The zero-order valence-electron chi connectivity index (χ0n) is 7.15. The first kappa shape index (κ1) is 7.80. The van der Waals surface area contributed by atoms with Gasteiger partial charge < -0.3 is 5.32 Å². The third-order valence-corrected chi connectivity index (χ3v) is 1.65. The van der Waals surface area contributed by atoms with Crippen LogP contribution in [0, 0.1) is 0 Å². The maximum atomic E-state index is 3.56. The summed E-state index contributed by atoms with van der Waals surface area (Å²) in [4.78, 5) is 0. The van der Waals surface area contributed by atoms with E-state index in [0.717, 1.165) is 0 Å². The molecule has 0 amide bonds. The first-order valence-corrected chi connectivity index (χ1v) is 4.01. The van der Waals surface area contributed by atoms with E-state index >= 15 is 0 Å². The fourth-order valence-electron chi connectivity index (χ4n) is 1.35. The number of hydrogen-bond acceptors (Lipinski definition) is 1. The minimum absolute atomic E-state index is 0.274. The summed E-state index contributed by atoms with van der Waals surface area (Å²) in [7, 11) is 0. The van der Waals surface area contributed by atoms with E-state index < -0.39 is 0 Å². The SMILES string of the molecule is CC(C)(C)NC1CC=CC1. The minimum Gasteiger partial charge on any atom is -0.309 e. The van der Waals surface area contributed by atoms with E-state index in [0.29, 0.717) is 6.04 Å². The molecule has 1 rings (SSSR count). The average Bonchev–Trinajstić information content (AvgIpc) is 2.12. The molecule has 10 heavy (non-hydrogen) atoms. The Bertz CT molecular complexity index is 122. The van der Waals surface area contributed by atoms with Crippen molar-refractivity contribution in [2.75, 3.05) is 0 Å². The van der Waals surface area contributed by atoms with Crippen molar-refractivity contribution >= 4 is 0 Å². The van der Waals surface area contributed by atoms with Gasteiger partial charge in [-0.05, 0) is 33.6 Å². The molecular formula is C9H17N. The Morgan fingerprint density at radius 2 is 1.70 bits per heavy atom. The molecule has 0 bridgehead atoms. The molecule has 58 valence electrons. The number of rotatable bonds is 1. The number of hydrogen-bond donors (Lipinski definition) is 1. The lowest BCUT2D eigenvalue weighted by molar-refractivity contribution is 0.367. The van der Waals surface area contributed by atoms with Crippen LogP contribution in [-0.4, -0.2) is 11.6 Å². The molecule has 1 N–H and O–H groups in total. The van der Waals surface area contributed by atoms with Gasteiger partial charge in [-0.3, -0.25) is 0 Å². The van der Waals surface area contributed by atoms with Crippen LogP contribution in [0.1, 0.15) is 33.6 Å². The molecule has 1 heteroatoms. The highest BCUT2D eigenvalue weighted by Gasteiger charge is 2.16. The summed E-state index contributed by atoms with van der Waals surface area (Å²) >= 11 is 0. The first-order chi connectivity index (χ1) is 4.58. The van der Waals surface area contributed by atoms with E-state index in [4.69, 9.17) is 0 Å². The van der Waals surface area contributed by atoms with Crippen LogP contribution >= 0.6 is 0 Å². The van der Waals surface area contributed by atoms with Gasteiger partial charge in [0.15, 0.2) is 0 Å². The maximum absolute atomic E-state index is 3.56. The van der Waals surface area contributed by atoms with Gasteiger partial charge in [0.1, 0.15) is 0 Å². The van der Waals surface area contributed by atoms with Crippen LogP contribution in [0.5, 0.6) is 0 Å². The van der Waals surface area contributed by atoms with Crippen LogP contribution in [-0.2, 0) is 0 Å². The molecule has 1 aliphatic carbocycles. The second kappa shape index (κ2) is 2.75. The van der Waals surface area contributed by atoms with E-state index in [1.165, 1.54) is 12.8 Å². The van der Waals surface area contributed by atoms with Gasteiger partial charge in [0.25, 0.3) is 0 Å². The van der Waals surface area contributed by atoms with E-state index in [-0.39, 0.29) is 5.54 Å². The van der Waals surface area contributed by atoms with Crippen molar-refractivity contribution in [1.29, 1.82) is 0 Å². The second-order valence-corrected chi connectivity index (χ2v) is 4.03. The Morgan fingerprint density at radius 1 is 1.20 bits per heavy atom. The highest BCUT2D eigenvalue weighted by molar-refractivity contribution is 4.99. The Hall–Kier alpha value is -0.300. The van der Waals surface area contributed by atoms with Gasteiger partial charge in [-0.25, -0.2) is 0 Å². The lowest BCUT2D eigenvalue weighted by Crippen LogP contribution is -2.42. The lowest BCUT2D eigenvalue weighted by atomic mass is 10.1. The van der Waals surface area contributed by atoms with Crippen LogP contribution in [0.25, 0.3) is 0 Å². The predicted octanol–water partition coefficient (Wildman–Crippen LogP) is 2.09. The largest absolute Gasteiger partial charge is 0.309 e. The average molecular weight is 139 g/mol. The molecule has 1 nitrogen and oxygen atoms in total. The van der Waals surface area contributed by atoms with E-state index in [9.17, 15) is 0 Å². The summed E-state index contributed by atoms with van der Waals surface area (Å²) in [5, 5.41) is 3.56. The summed E-state index contributed by atoms with van der Waals surface area (Å²) in [5.74, 6) is 0. The molecule has 0 heterocycles. The minimum atomic E-state index is 0.274. The van der Waals surface area contributed by atoms with Gasteiger partial charge >= 0.3 is 0 Å². The molecule has 0 unspecified atom stereocenters. The van der Waals surface area contributed by atoms with Crippen molar-refractivity contribution in [2.45, 2.75) is 45.2 Å². The van der Waals surface area contributed by atoms with Crippen molar-refractivity contribution < 1.29 is 0 Å². The van der Waals surface area contributed by atoms with Crippen molar-refractivity contribution in [3.63, 3.8) is 0 Å². The molecule has 0 saturated heterocycles. The van der Waals surface area contributed by atoms with E-state index in [1.807, 2.05) is 0 Å². The van der Waals surface area contributed by atoms with Gasteiger partial charge in [-0.1, -0.05) is 12.2 Å². The topological polar surface area (TPSA) is 12.0 Å². The molecule has 0 aromatic rings. The Balaban J connectivity index is 2.26. The summed E-state index contributed by atoms with van der Waals surface area (Å²) < 4.78 is 0. The Morgan fingerprint density at radius 3 is 2.10 bits per heavy atom. The molecule has 0 aromatic carbocycles. The van der Waals surface area contributed by atoms with Crippen LogP contribution in [0.2, 0.25) is 0 Å². The summed E-state index contributed by atoms with van der Waals surface area (Å²) in [6.45, 7) is 6.64. The quantitative estimate of drug-likeness (QED) is 0.548. The van der Waals surface area contributed by atoms with Crippen LogP contribution in [0.15, 0.2) is 12.2 Å². The van der Waals surface area contributed by atoms with Crippen LogP contribution < -0.4 is 5.32 Å². The first-order valence-electron chi connectivity index (χ1n) is 4.01. The highest BCUT2D eigenvalue weighted by Crippen LogP contribution is 2.13. The van der Waals surface area contributed by atoms with Crippen molar-refractivity contribution in [3.8, 4) is 0 Å². The second-order valence-electron chi connectivity index (χ2n) is 4.03. The van der Waals surface area contributed by atoms with Gasteiger partial charge in [0, 0.05) is 11.6 Å². The Kier molecular flexibility index (Phi) is 2.14. The zero-order valence-corrected chi connectivity index (χ0v) is 7.15. The summed E-state index contributed by atoms with van der Waals surface area (Å²) in [6.07, 6.45) is 6.92. The van der Waals surface area contributed by atoms with Crippen molar-refractivity contribution in [1.82, 2.24) is 5.32 Å². The molecule has 0 saturated carbocycles. The highest BCUT2D eigenvalue weighted by atomic mass is 15.0. The van der Waals surface area contributed by atoms with Gasteiger partial charge in [0.05, 0.1) is 0 Å². The van der Waals surface area contributed by atoms with Crippen LogP contribution in [0.4, 0.5) is 0 Å². The molecule has 0 atom stereocenters. The summed E-state index contributed by atoms with van der Waals surface area (Å²) in [6, 6.07) is 0.694. The zero-order chi connectivity index (χ0) is 7.61. The van der Waals surface area contributed by atoms with Crippen molar-refractivity contribution in [3.05, 3.63) is 12.2 Å². The Labute approximate surface area is 63.5 Å². The van der Waals surface area contributed by atoms with E-state index in [2.05, 4.69) is 38.2 Å². The fraction of sp³-hybridized carbons (Fsp3) is 0.778. The van der Waals surface area contributed by atoms with Gasteiger partial charge in [-0.2, -0.15) is 0 Å². The molecule has 1 aliphatic rings. The maximum Gasteiger partial charge on any atom is 0.0141 e. The normalized spacial score (nSPS) is 20.3. The monoisotopic (exact) mass is 139 g/mol. The molecule has 0 aliphatic heterocycles. The van der Waals surface area contributed by atoms with Crippen LogP contribution in [0.3, 0.4) is 0 Å². The van der Waals surface area contributed by atoms with Gasteiger partial charge in [0.2, 0.25) is 0 Å². The van der Waals surface area contributed by atoms with Crippen molar-refractivity contribution in [2.24, 2.45) is 0 Å².